The lowest BCUT2D eigenvalue weighted by Crippen LogP contribution is -2.01. The summed E-state index contributed by atoms with van der Waals surface area (Å²) >= 11 is 0. The molecule has 21 heavy (non-hydrogen) atoms. The SMILES string of the molecule is C=CCOc1c(CC=C)cc(C=C(C#N)C#N)cc1OC. The van der Waals surface area contributed by atoms with Gasteiger partial charge in [0, 0.05) is 5.56 Å². The van der Waals surface area contributed by atoms with Crippen molar-refractivity contribution in [3.05, 3.63) is 54.1 Å². The average Bonchev–Trinajstić information content (AvgIpc) is 2.51. The molecule has 0 unspecified atom stereocenters. The number of nitriles is 2. The molecule has 0 radical (unpaired) electrons. The average molecular weight is 280 g/mol. The van der Waals surface area contributed by atoms with Crippen molar-refractivity contribution in [2.75, 3.05) is 13.7 Å². The fourth-order valence-electron chi connectivity index (χ4n) is 1.79. The van der Waals surface area contributed by atoms with E-state index in [1.165, 1.54) is 13.2 Å². The fourth-order valence-corrected chi connectivity index (χ4v) is 1.79. The van der Waals surface area contributed by atoms with Crippen LogP contribution in [0.4, 0.5) is 0 Å². The number of nitrogens with zero attached hydrogens (tertiary/aromatic N) is 2. The maximum Gasteiger partial charge on any atom is 0.165 e. The van der Waals surface area contributed by atoms with E-state index in [9.17, 15) is 0 Å². The van der Waals surface area contributed by atoms with E-state index in [0.29, 0.717) is 30.1 Å². The van der Waals surface area contributed by atoms with Crippen molar-refractivity contribution in [1.82, 2.24) is 0 Å². The van der Waals surface area contributed by atoms with E-state index in [1.807, 2.05) is 18.2 Å². The van der Waals surface area contributed by atoms with Gasteiger partial charge in [-0.3, -0.25) is 0 Å². The summed E-state index contributed by atoms with van der Waals surface area (Å²) in [5, 5.41) is 17.7. The molecule has 1 aromatic carbocycles. The van der Waals surface area contributed by atoms with Crippen LogP contribution in [0.2, 0.25) is 0 Å². The highest BCUT2D eigenvalue weighted by molar-refractivity contribution is 5.66. The van der Waals surface area contributed by atoms with E-state index < -0.39 is 0 Å². The van der Waals surface area contributed by atoms with Gasteiger partial charge < -0.3 is 9.47 Å². The Balaban J connectivity index is 3.39. The molecule has 0 spiro atoms. The molecule has 106 valence electrons. The number of methoxy groups -OCH3 is 1. The van der Waals surface area contributed by atoms with Crippen LogP contribution in [0.25, 0.3) is 6.08 Å². The Kier molecular flexibility index (Phi) is 6.31. The molecular formula is C17H16N2O2. The molecule has 0 atom stereocenters. The summed E-state index contributed by atoms with van der Waals surface area (Å²) in [5.74, 6) is 1.16. The molecule has 0 aliphatic carbocycles. The van der Waals surface area contributed by atoms with Crippen LogP contribution >= 0.6 is 0 Å². The van der Waals surface area contributed by atoms with Crippen LogP contribution in [0.3, 0.4) is 0 Å². The van der Waals surface area contributed by atoms with Crippen LogP contribution in [-0.4, -0.2) is 13.7 Å². The Hall–Kier alpha value is -2.98. The highest BCUT2D eigenvalue weighted by atomic mass is 16.5. The predicted octanol–water partition coefficient (Wildman–Crippen LogP) is 3.42. The second-order valence-corrected chi connectivity index (χ2v) is 4.09. The first-order chi connectivity index (χ1) is 10.2. The zero-order valence-corrected chi connectivity index (χ0v) is 11.9. The molecule has 1 rings (SSSR count). The minimum Gasteiger partial charge on any atom is -0.493 e. The Morgan fingerprint density at radius 3 is 2.48 bits per heavy atom. The summed E-state index contributed by atoms with van der Waals surface area (Å²) in [4.78, 5) is 0. The van der Waals surface area contributed by atoms with Gasteiger partial charge in [-0.05, 0) is 30.2 Å². The molecule has 0 fully saturated rings. The predicted molar refractivity (Wildman–Crippen MR) is 81.8 cm³/mol. The van der Waals surface area contributed by atoms with Crippen molar-refractivity contribution in [1.29, 1.82) is 10.5 Å². The van der Waals surface area contributed by atoms with Gasteiger partial charge in [-0.1, -0.05) is 18.7 Å². The summed E-state index contributed by atoms with van der Waals surface area (Å²) in [6, 6.07) is 7.23. The van der Waals surface area contributed by atoms with E-state index in [-0.39, 0.29) is 5.57 Å². The Bertz CT molecular complexity index is 630. The molecular weight excluding hydrogens is 264 g/mol. The number of ether oxygens (including phenoxy) is 2. The summed E-state index contributed by atoms with van der Waals surface area (Å²) in [7, 11) is 1.54. The number of allylic oxidation sites excluding steroid dienone is 2. The van der Waals surface area contributed by atoms with Crippen molar-refractivity contribution < 1.29 is 9.47 Å². The van der Waals surface area contributed by atoms with Crippen molar-refractivity contribution in [2.45, 2.75) is 6.42 Å². The van der Waals surface area contributed by atoms with Gasteiger partial charge in [-0.2, -0.15) is 10.5 Å². The minimum atomic E-state index is 0.0290. The highest BCUT2D eigenvalue weighted by Gasteiger charge is 2.12. The number of hydrogen-bond acceptors (Lipinski definition) is 4. The van der Waals surface area contributed by atoms with Gasteiger partial charge in [0.2, 0.25) is 0 Å². The van der Waals surface area contributed by atoms with Gasteiger partial charge in [0.15, 0.2) is 11.5 Å². The van der Waals surface area contributed by atoms with Gasteiger partial charge in [0.05, 0.1) is 7.11 Å². The van der Waals surface area contributed by atoms with Crippen molar-refractivity contribution in [3.8, 4) is 23.6 Å². The van der Waals surface area contributed by atoms with Gasteiger partial charge in [0.1, 0.15) is 24.3 Å². The van der Waals surface area contributed by atoms with E-state index in [2.05, 4.69) is 13.2 Å². The lowest BCUT2D eigenvalue weighted by molar-refractivity contribution is 0.323. The van der Waals surface area contributed by atoms with Crippen LogP contribution < -0.4 is 9.47 Å². The molecule has 1 aromatic rings. The first-order valence-electron chi connectivity index (χ1n) is 6.27. The summed E-state index contributed by atoms with van der Waals surface area (Å²) < 4.78 is 11.0. The van der Waals surface area contributed by atoms with Gasteiger partial charge in [0.25, 0.3) is 0 Å². The monoisotopic (exact) mass is 280 g/mol. The zero-order valence-electron chi connectivity index (χ0n) is 11.9. The molecule has 0 N–H and O–H groups in total. The number of hydrogen-bond donors (Lipinski definition) is 0. The maximum atomic E-state index is 8.83. The summed E-state index contributed by atoms with van der Waals surface area (Å²) in [5.41, 5.74) is 1.60. The quantitative estimate of drug-likeness (QED) is 0.567. The number of rotatable bonds is 7. The lowest BCUT2D eigenvalue weighted by atomic mass is 10.0. The Labute approximate surface area is 124 Å². The number of benzene rings is 1. The Morgan fingerprint density at radius 1 is 1.24 bits per heavy atom. The zero-order chi connectivity index (χ0) is 15.7. The summed E-state index contributed by atoms with van der Waals surface area (Å²) in [6.45, 7) is 7.70. The van der Waals surface area contributed by atoms with E-state index >= 15 is 0 Å². The highest BCUT2D eigenvalue weighted by Crippen LogP contribution is 2.34. The van der Waals surface area contributed by atoms with Crippen LogP contribution in [0.5, 0.6) is 11.5 Å². The molecule has 0 amide bonds. The van der Waals surface area contributed by atoms with Crippen LogP contribution in [0.15, 0.2) is 43.0 Å². The molecule has 0 bridgehead atoms. The largest absolute Gasteiger partial charge is 0.493 e. The molecule has 0 saturated heterocycles. The molecule has 0 heterocycles. The van der Waals surface area contributed by atoms with Gasteiger partial charge in [-0.15, -0.1) is 6.58 Å². The molecule has 4 nitrogen and oxygen atoms in total. The first-order valence-corrected chi connectivity index (χ1v) is 6.27. The molecule has 0 aliphatic heterocycles. The third-order valence-electron chi connectivity index (χ3n) is 2.64. The second kappa shape index (κ2) is 8.24. The van der Waals surface area contributed by atoms with Crippen LogP contribution in [-0.2, 0) is 6.42 Å². The minimum absolute atomic E-state index is 0.0290. The fraction of sp³-hybridized carbons (Fsp3) is 0.176. The third kappa shape index (κ3) is 4.26. The normalized spacial score (nSPS) is 8.90. The topological polar surface area (TPSA) is 66.0 Å². The molecule has 0 aromatic heterocycles. The standard InChI is InChI=1S/C17H16N2O2/c1-4-6-15-9-13(8-14(11-18)12-19)10-16(20-3)17(15)21-7-5-2/h4-5,8-10H,1-2,6-7H2,3H3. The smallest absolute Gasteiger partial charge is 0.165 e. The van der Waals surface area contributed by atoms with Crippen LogP contribution in [0, 0.1) is 22.7 Å². The maximum absolute atomic E-state index is 8.83. The van der Waals surface area contributed by atoms with Gasteiger partial charge in [-0.25, -0.2) is 0 Å². The van der Waals surface area contributed by atoms with Crippen LogP contribution in [0.1, 0.15) is 11.1 Å². The van der Waals surface area contributed by atoms with Crippen molar-refractivity contribution >= 4 is 6.08 Å². The van der Waals surface area contributed by atoms with E-state index in [0.717, 1.165) is 5.56 Å². The van der Waals surface area contributed by atoms with E-state index in [1.54, 1.807) is 18.2 Å². The van der Waals surface area contributed by atoms with Crippen molar-refractivity contribution in [2.24, 2.45) is 0 Å². The lowest BCUT2D eigenvalue weighted by Gasteiger charge is -2.14. The van der Waals surface area contributed by atoms with Gasteiger partial charge >= 0.3 is 0 Å². The summed E-state index contributed by atoms with van der Waals surface area (Å²) in [6.07, 6.45) is 5.48. The van der Waals surface area contributed by atoms with E-state index in [4.69, 9.17) is 20.0 Å². The molecule has 0 aliphatic rings. The molecule has 4 heteroatoms. The van der Waals surface area contributed by atoms with Crippen molar-refractivity contribution in [3.63, 3.8) is 0 Å². The first kappa shape index (κ1) is 16.1. The Morgan fingerprint density at radius 2 is 1.95 bits per heavy atom. The third-order valence-corrected chi connectivity index (χ3v) is 2.64. The second-order valence-electron chi connectivity index (χ2n) is 4.09. The molecule has 0 saturated carbocycles.